The molecule has 4 aromatic carbocycles. The molecule has 2 N–H and O–H groups in total. The quantitative estimate of drug-likeness (QED) is 0.319. The molecule has 0 radical (unpaired) electrons. The van der Waals surface area contributed by atoms with E-state index in [9.17, 15) is 19.8 Å². The third kappa shape index (κ3) is 7.38. The lowest BCUT2D eigenvalue weighted by Crippen LogP contribution is -2.51. The summed E-state index contributed by atoms with van der Waals surface area (Å²) in [6, 6.07) is 37.7. The van der Waals surface area contributed by atoms with Crippen LogP contribution in [0.25, 0.3) is 0 Å². The highest BCUT2D eigenvalue weighted by Crippen LogP contribution is 2.16. The Morgan fingerprint density at radius 2 is 0.658 bits per heavy atom. The molecule has 0 aliphatic carbocycles. The lowest BCUT2D eigenvalue weighted by Gasteiger charge is -2.30. The summed E-state index contributed by atoms with van der Waals surface area (Å²) in [7, 11) is 0. The summed E-state index contributed by atoms with van der Waals surface area (Å²) < 4.78 is 0. The topological polar surface area (TPSA) is 81.1 Å². The Morgan fingerprint density at radius 3 is 0.868 bits per heavy atom. The zero-order valence-corrected chi connectivity index (χ0v) is 21.1. The summed E-state index contributed by atoms with van der Waals surface area (Å²) in [5, 5.41) is 22.0. The number of aliphatic hydroxyl groups is 2. The van der Waals surface area contributed by atoms with Gasteiger partial charge in [0.2, 0.25) is 0 Å². The molecule has 6 heteroatoms. The maximum absolute atomic E-state index is 13.5. The van der Waals surface area contributed by atoms with Gasteiger partial charge in [0.1, 0.15) is 0 Å². The largest absolute Gasteiger partial charge is 0.380 e. The Morgan fingerprint density at radius 1 is 0.447 bits per heavy atom. The van der Waals surface area contributed by atoms with Crippen molar-refractivity contribution in [3.05, 3.63) is 144 Å². The summed E-state index contributed by atoms with van der Waals surface area (Å²) >= 11 is 0. The maximum Gasteiger partial charge on any atom is 0.255 e. The van der Waals surface area contributed by atoms with Gasteiger partial charge in [0.15, 0.2) is 12.2 Å². The summed E-state index contributed by atoms with van der Waals surface area (Å²) in [5.74, 6) is -1.42. The lowest BCUT2D eigenvalue weighted by atomic mass is 10.1. The van der Waals surface area contributed by atoms with Gasteiger partial charge in [0, 0.05) is 26.2 Å². The Kier molecular flexibility index (Phi) is 9.40. The molecule has 4 aromatic rings. The molecule has 0 fully saturated rings. The van der Waals surface area contributed by atoms with Gasteiger partial charge in [-0.25, -0.2) is 0 Å². The first-order valence-electron chi connectivity index (χ1n) is 12.6. The standard InChI is InChI=1S/C32H32N2O4/c35-29(31(37)33(21-25-13-5-1-6-14-25)22-26-15-7-2-8-16-26)30(36)32(38)34(23-27-17-9-3-10-18-27)24-28-19-11-4-12-20-28/h1-20,29-30,35-36H,21-24H2. The molecule has 0 aromatic heterocycles. The second kappa shape index (κ2) is 13.3. The van der Waals surface area contributed by atoms with Crippen LogP contribution in [0.3, 0.4) is 0 Å². The van der Waals surface area contributed by atoms with Crippen LogP contribution in [-0.4, -0.2) is 44.0 Å². The molecule has 0 heterocycles. The van der Waals surface area contributed by atoms with Crippen LogP contribution in [0.2, 0.25) is 0 Å². The molecule has 2 atom stereocenters. The average molecular weight is 509 g/mol. The van der Waals surface area contributed by atoms with Crippen LogP contribution < -0.4 is 0 Å². The summed E-state index contributed by atoms with van der Waals surface area (Å²) in [4.78, 5) is 29.9. The molecule has 2 amide bonds. The summed E-state index contributed by atoms with van der Waals surface area (Å²) in [6.45, 7) is 0.906. The minimum atomic E-state index is -1.91. The van der Waals surface area contributed by atoms with E-state index in [1.807, 2.05) is 121 Å². The number of carbonyl (C=O) groups excluding carboxylic acids is 2. The average Bonchev–Trinajstić information content (AvgIpc) is 2.97. The molecule has 0 saturated carbocycles. The molecule has 194 valence electrons. The zero-order chi connectivity index (χ0) is 26.7. The monoisotopic (exact) mass is 508 g/mol. The van der Waals surface area contributed by atoms with Crippen molar-refractivity contribution in [3.8, 4) is 0 Å². The Hall–Kier alpha value is -4.26. The number of carbonyl (C=O) groups is 2. The highest BCUT2D eigenvalue weighted by Gasteiger charge is 2.36. The van der Waals surface area contributed by atoms with Crippen molar-refractivity contribution >= 4 is 11.8 Å². The molecule has 0 spiro atoms. The van der Waals surface area contributed by atoms with Crippen LogP contribution in [0.1, 0.15) is 22.3 Å². The van der Waals surface area contributed by atoms with Crippen molar-refractivity contribution in [1.82, 2.24) is 9.80 Å². The first kappa shape index (κ1) is 26.8. The number of aliphatic hydroxyl groups excluding tert-OH is 2. The third-order valence-corrected chi connectivity index (χ3v) is 6.29. The van der Waals surface area contributed by atoms with Gasteiger partial charge >= 0.3 is 0 Å². The number of hydrogen-bond donors (Lipinski definition) is 2. The van der Waals surface area contributed by atoms with Crippen LogP contribution in [0.4, 0.5) is 0 Å². The van der Waals surface area contributed by atoms with Crippen molar-refractivity contribution in [3.63, 3.8) is 0 Å². The fourth-order valence-electron chi connectivity index (χ4n) is 4.28. The second-order valence-electron chi connectivity index (χ2n) is 9.22. The van der Waals surface area contributed by atoms with Gasteiger partial charge in [-0.05, 0) is 22.3 Å². The highest BCUT2D eigenvalue weighted by molar-refractivity contribution is 5.90. The van der Waals surface area contributed by atoms with Crippen LogP contribution in [-0.2, 0) is 35.8 Å². The lowest BCUT2D eigenvalue weighted by molar-refractivity contribution is -0.159. The molecule has 6 nitrogen and oxygen atoms in total. The predicted octanol–water partition coefficient (Wildman–Crippen LogP) is 4.17. The molecule has 4 rings (SSSR count). The Bertz CT molecular complexity index is 1100. The van der Waals surface area contributed by atoms with Gasteiger partial charge in [0.05, 0.1) is 0 Å². The molecule has 38 heavy (non-hydrogen) atoms. The molecule has 0 saturated heterocycles. The number of nitrogens with zero attached hydrogens (tertiary/aromatic N) is 2. The van der Waals surface area contributed by atoms with E-state index >= 15 is 0 Å². The Balaban J connectivity index is 1.54. The van der Waals surface area contributed by atoms with E-state index in [-0.39, 0.29) is 26.2 Å². The fraction of sp³-hybridized carbons (Fsp3) is 0.188. The van der Waals surface area contributed by atoms with Crippen LogP contribution in [0.5, 0.6) is 0 Å². The van der Waals surface area contributed by atoms with Gasteiger partial charge in [-0.2, -0.15) is 0 Å². The van der Waals surface area contributed by atoms with Gasteiger partial charge < -0.3 is 20.0 Å². The van der Waals surface area contributed by atoms with E-state index < -0.39 is 24.0 Å². The van der Waals surface area contributed by atoms with E-state index in [0.717, 1.165) is 22.3 Å². The van der Waals surface area contributed by atoms with E-state index in [2.05, 4.69) is 0 Å². The zero-order valence-electron chi connectivity index (χ0n) is 21.1. The molecular weight excluding hydrogens is 476 g/mol. The summed E-state index contributed by atoms with van der Waals surface area (Å²) in [6.07, 6.45) is -3.83. The molecule has 2 unspecified atom stereocenters. The minimum Gasteiger partial charge on any atom is -0.380 e. The number of hydrogen-bond acceptors (Lipinski definition) is 4. The maximum atomic E-state index is 13.5. The SMILES string of the molecule is O=C(C(O)C(O)C(=O)N(Cc1ccccc1)Cc1ccccc1)N(Cc1ccccc1)Cc1ccccc1. The van der Waals surface area contributed by atoms with Crippen molar-refractivity contribution in [2.75, 3.05) is 0 Å². The fourth-order valence-corrected chi connectivity index (χ4v) is 4.28. The van der Waals surface area contributed by atoms with Crippen molar-refractivity contribution < 1.29 is 19.8 Å². The third-order valence-electron chi connectivity index (χ3n) is 6.29. The molecular formula is C32H32N2O4. The van der Waals surface area contributed by atoms with Gasteiger partial charge in [-0.1, -0.05) is 121 Å². The van der Waals surface area contributed by atoms with E-state index in [1.54, 1.807) is 0 Å². The first-order valence-corrected chi connectivity index (χ1v) is 12.6. The number of rotatable bonds is 11. The van der Waals surface area contributed by atoms with Gasteiger partial charge in [-0.3, -0.25) is 9.59 Å². The van der Waals surface area contributed by atoms with Gasteiger partial charge in [-0.15, -0.1) is 0 Å². The first-order chi connectivity index (χ1) is 18.5. The van der Waals surface area contributed by atoms with Crippen molar-refractivity contribution in [1.29, 1.82) is 0 Å². The second-order valence-corrected chi connectivity index (χ2v) is 9.22. The molecule has 0 bridgehead atoms. The van der Waals surface area contributed by atoms with E-state index in [1.165, 1.54) is 9.80 Å². The number of benzene rings is 4. The molecule has 0 aliphatic rings. The minimum absolute atomic E-state index is 0.226. The van der Waals surface area contributed by atoms with E-state index in [4.69, 9.17) is 0 Å². The smallest absolute Gasteiger partial charge is 0.255 e. The van der Waals surface area contributed by atoms with Gasteiger partial charge in [0.25, 0.3) is 11.8 Å². The normalized spacial score (nSPS) is 12.4. The predicted molar refractivity (Wildman–Crippen MR) is 146 cm³/mol. The van der Waals surface area contributed by atoms with Crippen LogP contribution in [0.15, 0.2) is 121 Å². The highest BCUT2D eigenvalue weighted by atomic mass is 16.3. The summed E-state index contributed by atoms with van der Waals surface area (Å²) in [5.41, 5.74) is 3.50. The van der Waals surface area contributed by atoms with Crippen molar-refractivity contribution in [2.24, 2.45) is 0 Å². The van der Waals surface area contributed by atoms with Crippen LogP contribution >= 0.6 is 0 Å². The molecule has 0 aliphatic heterocycles. The number of amides is 2. The van der Waals surface area contributed by atoms with Crippen LogP contribution in [0, 0.1) is 0 Å². The van der Waals surface area contributed by atoms with E-state index in [0.29, 0.717) is 0 Å². The Labute approximate surface area is 223 Å². The van der Waals surface area contributed by atoms with Crippen molar-refractivity contribution in [2.45, 2.75) is 38.4 Å².